The predicted molar refractivity (Wildman–Crippen MR) is 208 cm³/mol. The Morgan fingerprint density at radius 3 is 2.24 bits per heavy atom. The Morgan fingerprint density at radius 1 is 0.778 bits per heavy atom. The fourth-order valence-electron chi connectivity index (χ4n) is 6.28. The third-order valence-corrected chi connectivity index (χ3v) is 9.47. The number of nitrogens with zero attached hydrogens (tertiary/aromatic N) is 4. The largest absolute Gasteiger partial charge is 0.488 e. The molecule has 3 aromatic heterocycles. The second-order valence-corrected chi connectivity index (χ2v) is 13.2. The van der Waals surface area contributed by atoms with Gasteiger partial charge in [0.2, 0.25) is 0 Å². The highest BCUT2D eigenvalue weighted by Crippen LogP contribution is 2.36. The van der Waals surface area contributed by atoms with Crippen molar-refractivity contribution in [2.75, 3.05) is 26.3 Å². The molecule has 0 spiro atoms. The third kappa shape index (κ3) is 8.77. The minimum atomic E-state index is -0.156. The summed E-state index contributed by atoms with van der Waals surface area (Å²) in [5.41, 5.74) is 9.59. The number of aliphatic hydroxyl groups excluding tert-OH is 2. The van der Waals surface area contributed by atoms with Crippen LogP contribution < -0.4 is 25.7 Å². The minimum Gasteiger partial charge on any atom is -0.488 e. The quantitative estimate of drug-likeness (QED) is 0.0883. The van der Waals surface area contributed by atoms with Crippen LogP contribution in [0.2, 0.25) is 5.02 Å². The number of nitrogens with one attached hydrogen (secondary N) is 2. The second-order valence-electron chi connectivity index (χ2n) is 12.8. The first-order chi connectivity index (χ1) is 26.3. The molecule has 0 saturated heterocycles. The van der Waals surface area contributed by atoms with Gasteiger partial charge in [0, 0.05) is 68.2 Å². The lowest BCUT2D eigenvalue weighted by molar-refractivity contribution is 0.282. The number of aliphatic hydroxyl groups is 2. The molecule has 0 radical (unpaired) electrons. The summed E-state index contributed by atoms with van der Waals surface area (Å²) in [4.78, 5) is 22.5. The van der Waals surface area contributed by atoms with Gasteiger partial charge in [-0.2, -0.15) is 5.26 Å². The van der Waals surface area contributed by atoms with E-state index in [0.717, 1.165) is 50.1 Å². The molecule has 0 aliphatic carbocycles. The Kier molecular flexibility index (Phi) is 12.7. The highest BCUT2D eigenvalue weighted by Gasteiger charge is 2.17. The summed E-state index contributed by atoms with van der Waals surface area (Å²) < 4.78 is 14.1. The Bertz CT molecular complexity index is 2370. The maximum Gasteiger partial charge on any atom is 0.265 e. The van der Waals surface area contributed by atoms with Gasteiger partial charge in [0.1, 0.15) is 36.4 Å². The van der Waals surface area contributed by atoms with Crippen molar-refractivity contribution in [2.45, 2.75) is 40.2 Å². The fraction of sp³-hybridized carbons (Fsp3) is 0.238. The summed E-state index contributed by atoms with van der Waals surface area (Å²) >= 11 is 6.74. The number of aromatic nitrogens is 3. The normalized spacial score (nSPS) is 11.1. The smallest absolute Gasteiger partial charge is 0.265 e. The molecule has 0 unspecified atom stereocenters. The lowest BCUT2D eigenvalue weighted by Gasteiger charge is -2.18. The van der Waals surface area contributed by atoms with E-state index in [1.165, 1.54) is 6.20 Å². The van der Waals surface area contributed by atoms with Crippen molar-refractivity contribution < 1.29 is 19.7 Å². The van der Waals surface area contributed by atoms with Crippen LogP contribution in [0.4, 0.5) is 0 Å². The van der Waals surface area contributed by atoms with Crippen molar-refractivity contribution in [2.24, 2.45) is 0 Å². The van der Waals surface area contributed by atoms with Gasteiger partial charge in [0.25, 0.3) is 5.56 Å². The van der Waals surface area contributed by atoms with Gasteiger partial charge >= 0.3 is 0 Å². The second kappa shape index (κ2) is 17.9. The number of fused-ring (bicyclic) bond motifs is 1. The Labute approximate surface area is 318 Å². The first-order valence-corrected chi connectivity index (χ1v) is 17.9. The first kappa shape index (κ1) is 38.1. The summed E-state index contributed by atoms with van der Waals surface area (Å²) in [5.74, 6) is 0.997. The SMILES string of the molecule is Cc1c(COc2cc(OCc3cncc(C#N)c3)c(CNCCO)cc2Cl)cccc1-c1cccc(-c2cnc3cc(CNCCO)ccn3c2=O)c1C. The predicted octanol–water partition coefficient (Wildman–Crippen LogP) is 5.89. The van der Waals surface area contributed by atoms with Crippen LogP contribution in [-0.2, 0) is 26.3 Å². The van der Waals surface area contributed by atoms with Crippen LogP contribution in [-0.4, -0.2) is 50.9 Å². The summed E-state index contributed by atoms with van der Waals surface area (Å²) in [7, 11) is 0. The van der Waals surface area contributed by atoms with Crippen molar-refractivity contribution in [3.05, 3.63) is 146 Å². The molecular weight excluding hydrogens is 704 g/mol. The summed E-state index contributed by atoms with van der Waals surface area (Å²) in [6, 6.07) is 23.1. The van der Waals surface area contributed by atoms with Crippen LogP contribution in [0.5, 0.6) is 11.5 Å². The zero-order valence-corrected chi connectivity index (χ0v) is 30.9. The van der Waals surface area contributed by atoms with Gasteiger partial charge in [-0.15, -0.1) is 0 Å². The van der Waals surface area contributed by atoms with E-state index in [-0.39, 0.29) is 32.0 Å². The van der Waals surface area contributed by atoms with Crippen LogP contribution in [0.25, 0.3) is 27.9 Å². The molecule has 0 fully saturated rings. The highest BCUT2D eigenvalue weighted by atomic mass is 35.5. The molecule has 0 atom stereocenters. The van der Waals surface area contributed by atoms with E-state index in [1.807, 2.05) is 43.3 Å². The average Bonchev–Trinajstić information content (AvgIpc) is 3.18. The number of nitriles is 1. The van der Waals surface area contributed by atoms with Crippen LogP contribution in [0, 0.1) is 25.2 Å². The molecule has 0 aliphatic rings. The Hall–Kier alpha value is -5.61. The molecule has 0 saturated carbocycles. The summed E-state index contributed by atoms with van der Waals surface area (Å²) in [5, 5.41) is 34.3. The zero-order chi connectivity index (χ0) is 38.0. The minimum absolute atomic E-state index is 0.00785. The Morgan fingerprint density at radius 2 is 1.48 bits per heavy atom. The van der Waals surface area contributed by atoms with Crippen molar-refractivity contribution in [3.8, 4) is 39.8 Å². The maximum atomic E-state index is 13.7. The molecule has 276 valence electrons. The van der Waals surface area contributed by atoms with Crippen LogP contribution in [0.15, 0.2) is 96.3 Å². The van der Waals surface area contributed by atoms with Crippen molar-refractivity contribution in [1.82, 2.24) is 25.0 Å². The number of halogens is 1. The zero-order valence-electron chi connectivity index (χ0n) is 30.1. The van der Waals surface area contributed by atoms with E-state index >= 15 is 0 Å². The topological polar surface area (TPSA) is 154 Å². The standard InChI is InChI=1S/C42H41ClN6O5/c1-27-32(26-54-40-18-39(33(17-38(40)43)23-46-11-14-51)53-25-31-15-30(19-44)21-47-22-31)5-3-6-34(27)35-7-4-8-36(28(35)2)37-24-48-41-16-29(20-45-10-13-50)9-12-49(41)42(37)52/h3-9,12,15-18,21-22,24,45-46,50-51H,10-11,13-14,20,23,25-26H2,1-2H3. The number of benzene rings is 3. The third-order valence-electron chi connectivity index (χ3n) is 9.17. The molecule has 0 bridgehead atoms. The molecule has 6 aromatic rings. The van der Waals surface area contributed by atoms with E-state index in [4.69, 9.17) is 26.2 Å². The summed E-state index contributed by atoms with van der Waals surface area (Å²) in [6.07, 6.45) is 6.53. The van der Waals surface area contributed by atoms with Gasteiger partial charge in [-0.05, 0) is 77.1 Å². The van der Waals surface area contributed by atoms with Crippen molar-refractivity contribution in [1.29, 1.82) is 5.26 Å². The highest BCUT2D eigenvalue weighted by molar-refractivity contribution is 6.32. The fourth-order valence-corrected chi connectivity index (χ4v) is 6.52. The molecule has 3 heterocycles. The van der Waals surface area contributed by atoms with E-state index in [1.54, 1.807) is 41.2 Å². The van der Waals surface area contributed by atoms with Gasteiger partial charge in [0.05, 0.1) is 29.4 Å². The number of ether oxygens (including phenoxy) is 2. The number of hydrogen-bond acceptors (Lipinski definition) is 10. The molecule has 12 heteroatoms. The van der Waals surface area contributed by atoms with Crippen LogP contribution in [0.1, 0.15) is 38.9 Å². The van der Waals surface area contributed by atoms with Gasteiger partial charge in [-0.1, -0.05) is 48.0 Å². The molecule has 11 nitrogen and oxygen atoms in total. The lowest BCUT2D eigenvalue weighted by Crippen LogP contribution is -2.20. The lowest BCUT2D eigenvalue weighted by atomic mass is 9.90. The molecule has 54 heavy (non-hydrogen) atoms. The van der Waals surface area contributed by atoms with Crippen LogP contribution >= 0.6 is 11.6 Å². The van der Waals surface area contributed by atoms with E-state index in [0.29, 0.717) is 59.5 Å². The van der Waals surface area contributed by atoms with E-state index < -0.39 is 0 Å². The molecule has 3 aromatic carbocycles. The molecule has 6 rings (SSSR count). The summed E-state index contributed by atoms with van der Waals surface area (Å²) in [6.45, 7) is 6.41. The van der Waals surface area contributed by atoms with Gasteiger partial charge < -0.3 is 30.3 Å². The van der Waals surface area contributed by atoms with Gasteiger partial charge in [-0.25, -0.2) is 4.98 Å². The first-order valence-electron chi connectivity index (χ1n) is 17.6. The molecule has 0 amide bonds. The van der Waals surface area contributed by atoms with Gasteiger partial charge in [0.15, 0.2) is 0 Å². The van der Waals surface area contributed by atoms with E-state index in [9.17, 15) is 15.2 Å². The van der Waals surface area contributed by atoms with Crippen molar-refractivity contribution in [3.63, 3.8) is 0 Å². The average molecular weight is 745 g/mol. The number of rotatable bonds is 16. The Balaban J connectivity index is 1.24. The monoisotopic (exact) mass is 744 g/mol. The number of pyridine rings is 2. The van der Waals surface area contributed by atoms with Crippen molar-refractivity contribution >= 4 is 17.2 Å². The molecule has 4 N–H and O–H groups in total. The maximum absolute atomic E-state index is 13.7. The molecular formula is C42H41ClN6O5. The van der Waals surface area contributed by atoms with Crippen LogP contribution in [0.3, 0.4) is 0 Å². The molecule has 0 aliphatic heterocycles. The number of hydrogen-bond donors (Lipinski definition) is 4. The van der Waals surface area contributed by atoms with E-state index in [2.05, 4.69) is 45.7 Å². The van der Waals surface area contributed by atoms with Gasteiger partial charge in [-0.3, -0.25) is 14.2 Å².